The Morgan fingerprint density at radius 3 is 3.07 bits per heavy atom. The van der Waals surface area contributed by atoms with Crippen LogP contribution in [0, 0.1) is 0 Å². The molecule has 0 aliphatic rings. The van der Waals surface area contributed by atoms with Gasteiger partial charge in [-0.3, -0.25) is 4.79 Å². The molecular formula is C10H17N3OS. The summed E-state index contributed by atoms with van der Waals surface area (Å²) in [4.78, 5) is 18.3. The minimum Gasteiger partial charge on any atom is -0.330 e. The van der Waals surface area contributed by atoms with Gasteiger partial charge in [0.05, 0.1) is 5.75 Å². The number of H-pyrrole nitrogens is 1. The van der Waals surface area contributed by atoms with Crippen LogP contribution in [0.2, 0.25) is 0 Å². The molecule has 0 saturated heterocycles. The molecule has 84 valence electrons. The van der Waals surface area contributed by atoms with Crippen molar-refractivity contribution < 1.29 is 0 Å². The van der Waals surface area contributed by atoms with Crippen molar-refractivity contribution in [1.82, 2.24) is 9.97 Å². The maximum absolute atomic E-state index is 11.3. The summed E-state index contributed by atoms with van der Waals surface area (Å²) in [5.41, 5.74) is 6.13. The molecule has 1 aromatic heterocycles. The molecule has 0 aliphatic carbocycles. The van der Waals surface area contributed by atoms with Gasteiger partial charge in [0.1, 0.15) is 5.82 Å². The summed E-state index contributed by atoms with van der Waals surface area (Å²) in [6.07, 6.45) is 1.80. The van der Waals surface area contributed by atoms with Gasteiger partial charge in [0.25, 0.3) is 5.56 Å². The van der Waals surface area contributed by atoms with Gasteiger partial charge in [-0.25, -0.2) is 4.98 Å². The molecule has 0 saturated carbocycles. The molecule has 1 rings (SSSR count). The van der Waals surface area contributed by atoms with E-state index in [1.165, 1.54) is 6.07 Å². The second-order valence-corrected chi connectivity index (χ2v) is 4.38. The number of hydrogen-bond acceptors (Lipinski definition) is 4. The number of nitrogens with one attached hydrogen (secondary N) is 1. The molecule has 0 aliphatic heterocycles. The van der Waals surface area contributed by atoms with Crippen LogP contribution in [0.15, 0.2) is 10.9 Å². The molecule has 5 heteroatoms. The van der Waals surface area contributed by atoms with Gasteiger partial charge in [-0.2, -0.15) is 11.8 Å². The van der Waals surface area contributed by atoms with Crippen LogP contribution in [0.3, 0.4) is 0 Å². The molecule has 3 N–H and O–H groups in total. The van der Waals surface area contributed by atoms with Crippen LogP contribution < -0.4 is 11.3 Å². The number of nitrogens with zero attached hydrogens (tertiary/aromatic N) is 1. The summed E-state index contributed by atoms with van der Waals surface area (Å²) in [7, 11) is 0. The Bertz CT molecular complexity index is 351. The zero-order valence-corrected chi connectivity index (χ0v) is 9.77. The third-order valence-corrected chi connectivity index (χ3v) is 3.01. The number of aromatic nitrogens is 2. The molecule has 0 amide bonds. The fourth-order valence-corrected chi connectivity index (χ4v) is 1.98. The maximum Gasteiger partial charge on any atom is 0.251 e. The third kappa shape index (κ3) is 4.48. The smallest absolute Gasteiger partial charge is 0.251 e. The highest BCUT2D eigenvalue weighted by Gasteiger charge is 2.00. The van der Waals surface area contributed by atoms with Crippen LogP contribution in [0.25, 0.3) is 0 Å². The van der Waals surface area contributed by atoms with E-state index in [-0.39, 0.29) is 5.56 Å². The first-order valence-corrected chi connectivity index (χ1v) is 6.28. The summed E-state index contributed by atoms with van der Waals surface area (Å²) in [5, 5.41) is 0. The van der Waals surface area contributed by atoms with Gasteiger partial charge in [0.15, 0.2) is 0 Å². The summed E-state index contributed by atoms with van der Waals surface area (Å²) in [5.74, 6) is 2.61. The standard InChI is InChI=1S/C10H17N3OS/c1-2-5-15-7-9-12-8(3-4-11)6-10(14)13-9/h6H,2-5,7,11H2,1H3,(H,12,13,14). The largest absolute Gasteiger partial charge is 0.330 e. The Hall–Kier alpha value is -0.810. The van der Waals surface area contributed by atoms with E-state index in [9.17, 15) is 4.79 Å². The number of rotatable bonds is 6. The van der Waals surface area contributed by atoms with Crippen molar-refractivity contribution in [2.45, 2.75) is 25.5 Å². The first kappa shape index (κ1) is 12.3. The molecule has 1 aromatic rings. The van der Waals surface area contributed by atoms with Gasteiger partial charge in [-0.15, -0.1) is 0 Å². The molecule has 0 spiro atoms. The van der Waals surface area contributed by atoms with E-state index in [2.05, 4.69) is 16.9 Å². The third-order valence-electron chi connectivity index (χ3n) is 1.83. The highest BCUT2D eigenvalue weighted by atomic mass is 32.2. The highest BCUT2D eigenvalue weighted by molar-refractivity contribution is 7.98. The zero-order valence-electron chi connectivity index (χ0n) is 8.95. The summed E-state index contributed by atoms with van der Waals surface area (Å²) >= 11 is 1.78. The second kappa shape index (κ2) is 6.63. The number of nitrogens with two attached hydrogens (primary N) is 1. The van der Waals surface area contributed by atoms with Crippen LogP contribution in [0.4, 0.5) is 0 Å². The summed E-state index contributed by atoms with van der Waals surface area (Å²) in [6, 6.07) is 1.51. The first-order chi connectivity index (χ1) is 7.26. The van der Waals surface area contributed by atoms with Gasteiger partial charge in [-0.05, 0) is 18.7 Å². The van der Waals surface area contributed by atoms with Crippen molar-refractivity contribution in [2.24, 2.45) is 5.73 Å². The Balaban J connectivity index is 2.66. The van der Waals surface area contributed by atoms with Crippen LogP contribution in [-0.2, 0) is 12.2 Å². The van der Waals surface area contributed by atoms with E-state index in [4.69, 9.17) is 5.73 Å². The van der Waals surface area contributed by atoms with Crippen molar-refractivity contribution >= 4 is 11.8 Å². The summed E-state index contributed by atoms with van der Waals surface area (Å²) < 4.78 is 0. The van der Waals surface area contributed by atoms with Gasteiger partial charge in [-0.1, -0.05) is 6.92 Å². The predicted octanol–water partition coefficient (Wildman–Crippen LogP) is 0.914. The molecule has 15 heavy (non-hydrogen) atoms. The quantitative estimate of drug-likeness (QED) is 0.709. The lowest BCUT2D eigenvalue weighted by atomic mass is 10.3. The Kier molecular flexibility index (Phi) is 5.42. The van der Waals surface area contributed by atoms with E-state index in [1.807, 2.05) is 0 Å². The highest BCUT2D eigenvalue weighted by Crippen LogP contribution is 2.08. The average Bonchev–Trinajstić information content (AvgIpc) is 2.18. The normalized spacial score (nSPS) is 10.5. The van der Waals surface area contributed by atoms with E-state index in [0.29, 0.717) is 13.0 Å². The molecule has 0 unspecified atom stereocenters. The topological polar surface area (TPSA) is 71.8 Å². The minimum absolute atomic E-state index is 0.0828. The van der Waals surface area contributed by atoms with Crippen molar-refractivity contribution in [3.63, 3.8) is 0 Å². The fraction of sp³-hybridized carbons (Fsp3) is 0.600. The fourth-order valence-electron chi connectivity index (χ4n) is 1.22. The van der Waals surface area contributed by atoms with Crippen molar-refractivity contribution in [1.29, 1.82) is 0 Å². The van der Waals surface area contributed by atoms with E-state index >= 15 is 0 Å². The van der Waals surface area contributed by atoms with Crippen LogP contribution in [0.5, 0.6) is 0 Å². The molecular weight excluding hydrogens is 210 g/mol. The number of hydrogen-bond donors (Lipinski definition) is 2. The number of aromatic amines is 1. The lowest BCUT2D eigenvalue weighted by molar-refractivity contribution is 0.872. The van der Waals surface area contributed by atoms with E-state index in [0.717, 1.165) is 29.4 Å². The lowest BCUT2D eigenvalue weighted by Crippen LogP contribution is -2.14. The van der Waals surface area contributed by atoms with E-state index in [1.54, 1.807) is 11.8 Å². The number of thioether (sulfide) groups is 1. The monoisotopic (exact) mass is 227 g/mol. The average molecular weight is 227 g/mol. The molecule has 0 bridgehead atoms. The molecule has 1 heterocycles. The minimum atomic E-state index is -0.0828. The Morgan fingerprint density at radius 1 is 1.60 bits per heavy atom. The SMILES string of the molecule is CCCSCc1nc(CCN)cc(=O)[nH]1. The molecule has 0 fully saturated rings. The molecule has 4 nitrogen and oxygen atoms in total. The second-order valence-electron chi connectivity index (χ2n) is 3.27. The van der Waals surface area contributed by atoms with Crippen molar-refractivity contribution in [2.75, 3.05) is 12.3 Å². The molecule has 0 radical (unpaired) electrons. The zero-order chi connectivity index (χ0) is 11.1. The van der Waals surface area contributed by atoms with Gasteiger partial charge in [0, 0.05) is 18.2 Å². The van der Waals surface area contributed by atoms with Gasteiger partial charge < -0.3 is 10.7 Å². The van der Waals surface area contributed by atoms with Gasteiger partial charge in [0.2, 0.25) is 0 Å². The maximum atomic E-state index is 11.3. The van der Waals surface area contributed by atoms with Gasteiger partial charge >= 0.3 is 0 Å². The van der Waals surface area contributed by atoms with Crippen LogP contribution in [0.1, 0.15) is 24.9 Å². The van der Waals surface area contributed by atoms with E-state index < -0.39 is 0 Å². The Morgan fingerprint density at radius 2 is 2.40 bits per heavy atom. The Labute approximate surface area is 93.7 Å². The summed E-state index contributed by atoms with van der Waals surface area (Å²) in [6.45, 7) is 2.66. The van der Waals surface area contributed by atoms with Crippen LogP contribution in [-0.4, -0.2) is 22.3 Å². The van der Waals surface area contributed by atoms with Crippen molar-refractivity contribution in [3.8, 4) is 0 Å². The molecule has 0 aromatic carbocycles. The predicted molar refractivity (Wildman–Crippen MR) is 64.1 cm³/mol. The van der Waals surface area contributed by atoms with Crippen molar-refractivity contribution in [3.05, 3.63) is 27.9 Å². The molecule has 0 atom stereocenters. The first-order valence-electron chi connectivity index (χ1n) is 5.13. The van der Waals surface area contributed by atoms with Crippen LogP contribution >= 0.6 is 11.8 Å². The lowest BCUT2D eigenvalue weighted by Gasteiger charge is -2.02.